The summed E-state index contributed by atoms with van der Waals surface area (Å²) in [5, 5.41) is 3.25. The highest BCUT2D eigenvalue weighted by Crippen LogP contribution is 2.28. The van der Waals surface area contributed by atoms with Crippen LogP contribution in [0.25, 0.3) is 0 Å². The predicted octanol–water partition coefficient (Wildman–Crippen LogP) is 4.23. The maximum atomic E-state index is 14.1. The molecule has 0 aromatic heterocycles. The van der Waals surface area contributed by atoms with Crippen molar-refractivity contribution < 1.29 is 8.78 Å². The molecule has 0 bridgehead atoms. The first kappa shape index (κ1) is 14.7. The Balaban J connectivity index is 2.53. The molecule has 20 heavy (non-hydrogen) atoms. The number of halogens is 2. The van der Waals surface area contributed by atoms with Gasteiger partial charge in [0.2, 0.25) is 0 Å². The zero-order valence-corrected chi connectivity index (χ0v) is 11.8. The summed E-state index contributed by atoms with van der Waals surface area (Å²) in [5.41, 5.74) is 2.50. The molecule has 1 atom stereocenters. The molecule has 0 saturated carbocycles. The van der Waals surface area contributed by atoms with Crippen LogP contribution < -0.4 is 5.32 Å². The summed E-state index contributed by atoms with van der Waals surface area (Å²) in [6, 6.07) is 11.9. The number of benzene rings is 2. The second-order valence-corrected chi connectivity index (χ2v) is 4.69. The molecule has 2 aromatic carbocycles. The Labute approximate surface area is 118 Å². The lowest BCUT2D eigenvalue weighted by Gasteiger charge is -2.22. The second-order valence-electron chi connectivity index (χ2n) is 4.69. The van der Waals surface area contributed by atoms with Gasteiger partial charge in [0.05, 0.1) is 6.04 Å². The zero-order valence-electron chi connectivity index (χ0n) is 11.8. The average Bonchev–Trinajstić information content (AvgIpc) is 2.48. The minimum absolute atomic E-state index is 0.327. The van der Waals surface area contributed by atoms with E-state index >= 15 is 0 Å². The van der Waals surface area contributed by atoms with Gasteiger partial charge in [0.15, 0.2) is 11.6 Å². The molecule has 0 radical (unpaired) electrons. The highest BCUT2D eigenvalue weighted by atomic mass is 19.2. The second kappa shape index (κ2) is 6.62. The van der Waals surface area contributed by atoms with Gasteiger partial charge in [-0.25, -0.2) is 8.78 Å². The van der Waals surface area contributed by atoms with Crippen LogP contribution in [0.2, 0.25) is 0 Å². The fourth-order valence-corrected chi connectivity index (χ4v) is 2.47. The van der Waals surface area contributed by atoms with E-state index in [9.17, 15) is 8.78 Å². The van der Waals surface area contributed by atoms with Gasteiger partial charge in [-0.05, 0) is 30.2 Å². The number of rotatable bonds is 5. The Morgan fingerprint density at radius 3 is 2.35 bits per heavy atom. The van der Waals surface area contributed by atoms with Crippen LogP contribution in [0.3, 0.4) is 0 Å². The Morgan fingerprint density at radius 2 is 1.65 bits per heavy atom. The molecule has 0 saturated heterocycles. The fourth-order valence-electron chi connectivity index (χ4n) is 2.47. The molecule has 3 heteroatoms. The summed E-state index contributed by atoms with van der Waals surface area (Å²) < 4.78 is 27.6. The van der Waals surface area contributed by atoms with Crippen LogP contribution in [0.5, 0.6) is 0 Å². The monoisotopic (exact) mass is 275 g/mol. The summed E-state index contributed by atoms with van der Waals surface area (Å²) in [7, 11) is 0. The van der Waals surface area contributed by atoms with Gasteiger partial charge in [-0.2, -0.15) is 0 Å². The van der Waals surface area contributed by atoms with Crippen molar-refractivity contribution in [2.45, 2.75) is 26.3 Å². The standard InChI is InChI=1S/C17H19F2N/c1-3-12-8-5-6-9-13(12)17(20-4-2)14-10-7-11-15(18)16(14)19/h5-11,17,20H,3-4H2,1-2H3. The normalized spacial score (nSPS) is 12.4. The van der Waals surface area contributed by atoms with Gasteiger partial charge in [-0.15, -0.1) is 0 Å². The summed E-state index contributed by atoms with van der Waals surface area (Å²) in [6.07, 6.45) is 0.856. The Kier molecular flexibility index (Phi) is 4.85. The first-order valence-corrected chi connectivity index (χ1v) is 6.94. The van der Waals surface area contributed by atoms with Crippen LogP contribution in [-0.2, 0) is 6.42 Å². The predicted molar refractivity (Wildman–Crippen MR) is 77.7 cm³/mol. The highest BCUT2D eigenvalue weighted by molar-refractivity contribution is 5.38. The molecule has 1 N–H and O–H groups in total. The van der Waals surface area contributed by atoms with E-state index in [1.54, 1.807) is 12.1 Å². The largest absolute Gasteiger partial charge is 0.306 e. The smallest absolute Gasteiger partial charge is 0.163 e. The number of hydrogen-bond donors (Lipinski definition) is 1. The Morgan fingerprint density at radius 1 is 0.950 bits per heavy atom. The van der Waals surface area contributed by atoms with Crippen molar-refractivity contribution in [2.24, 2.45) is 0 Å². The maximum absolute atomic E-state index is 14.1. The quantitative estimate of drug-likeness (QED) is 0.861. The molecule has 0 heterocycles. The minimum Gasteiger partial charge on any atom is -0.306 e. The lowest BCUT2D eigenvalue weighted by Crippen LogP contribution is -2.24. The molecule has 2 aromatic rings. The number of nitrogens with one attached hydrogen (secondary N) is 1. The van der Waals surface area contributed by atoms with Crippen molar-refractivity contribution in [3.05, 3.63) is 70.8 Å². The Hall–Kier alpha value is -1.74. The van der Waals surface area contributed by atoms with E-state index < -0.39 is 11.6 Å². The third kappa shape index (κ3) is 2.88. The van der Waals surface area contributed by atoms with Gasteiger partial charge in [0, 0.05) is 5.56 Å². The molecule has 0 fully saturated rings. The zero-order chi connectivity index (χ0) is 14.5. The lowest BCUT2D eigenvalue weighted by molar-refractivity contribution is 0.482. The molecular formula is C17H19F2N. The van der Waals surface area contributed by atoms with Crippen LogP contribution in [0.4, 0.5) is 8.78 Å². The third-order valence-electron chi connectivity index (χ3n) is 3.45. The van der Waals surface area contributed by atoms with E-state index in [-0.39, 0.29) is 6.04 Å². The first-order chi connectivity index (χ1) is 9.69. The van der Waals surface area contributed by atoms with E-state index in [0.29, 0.717) is 12.1 Å². The van der Waals surface area contributed by atoms with Crippen LogP contribution in [0.1, 0.15) is 36.6 Å². The van der Waals surface area contributed by atoms with Crippen molar-refractivity contribution in [1.29, 1.82) is 0 Å². The maximum Gasteiger partial charge on any atom is 0.163 e. The average molecular weight is 275 g/mol. The van der Waals surface area contributed by atoms with Crippen molar-refractivity contribution in [2.75, 3.05) is 6.54 Å². The molecule has 2 rings (SSSR count). The first-order valence-electron chi connectivity index (χ1n) is 6.94. The highest BCUT2D eigenvalue weighted by Gasteiger charge is 2.20. The molecule has 0 amide bonds. The number of hydrogen-bond acceptors (Lipinski definition) is 1. The van der Waals surface area contributed by atoms with Crippen LogP contribution in [-0.4, -0.2) is 6.54 Å². The molecule has 106 valence electrons. The summed E-state index contributed by atoms with van der Waals surface area (Å²) >= 11 is 0. The molecule has 1 unspecified atom stereocenters. The van der Waals surface area contributed by atoms with Gasteiger partial charge in [-0.3, -0.25) is 0 Å². The van der Waals surface area contributed by atoms with Crippen molar-refractivity contribution in [1.82, 2.24) is 5.32 Å². The van der Waals surface area contributed by atoms with E-state index in [0.717, 1.165) is 23.6 Å². The van der Waals surface area contributed by atoms with Gasteiger partial charge in [0.25, 0.3) is 0 Å². The number of aryl methyl sites for hydroxylation is 1. The van der Waals surface area contributed by atoms with Crippen LogP contribution in [0, 0.1) is 11.6 Å². The van der Waals surface area contributed by atoms with Crippen molar-refractivity contribution in [3.63, 3.8) is 0 Å². The van der Waals surface area contributed by atoms with Gasteiger partial charge in [-0.1, -0.05) is 50.2 Å². The van der Waals surface area contributed by atoms with E-state index in [2.05, 4.69) is 12.2 Å². The fraction of sp³-hybridized carbons (Fsp3) is 0.294. The van der Waals surface area contributed by atoms with Gasteiger partial charge >= 0.3 is 0 Å². The summed E-state index contributed by atoms with van der Waals surface area (Å²) in [4.78, 5) is 0. The van der Waals surface area contributed by atoms with Crippen molar-refractivity contribution in [3.8, 4) is 0 Å². The van der Waals surface area contributed by atoms with Crippen LogP contribution in [0.15, 0.2) is 42.5 Å². The van der Waals surface area contributed by atoms with Crippen LogP contribution >= 0.6 is 0 Å². The lowest BCUT2D eigenvalue weighted by atomic mass is 9.93. The molecule has 0 aliphatic heterocycles. The molecule has 1 nitrogen and oxygen atoms in total. The van der Waals surface area contributed by atoms with Gasteiger partial charge in [0.1, 0.15) is 0 Å². The minimum atomic E-state index is -0.806. The molecule has 0 aliphatic rings. The Bertz CT molecular complexity index is 581. The van der Waals surface area contributed by atoms with Crippen molar-refractivity contribution >= 4 is 0 Å². The topological polar surface area (TPSA) is 12.0 Å². The summed E-state index contributed by atoms with van der Waals surface area (Å²) in [5.74, 6) is -1.58. The van der Waals surface area contributed by atoms with E-state index in [1.165, 1.54) is 0 Å². The molecular weight excluding hydrogens is 256 g/mol. The summed E-state index contributed by atoms with van der Waals surface area (Å²) in [6.45, 7) is 4.70. The molecule has 0 aliphatic carbocycles. The van der Waals surface area contributed by atoms with E-state index in [4.69, 9.17) is 0 Å². The third-order valence-corrected chi connectivity index (χ3v) is 3.45. The van der Waals surface area contributed by atoms with E-state index in [1.807, 2.05) is 31.2 Å². The SMILES string of the molecule is CCNC(c1ccccc1CC)c1cccc(F)c1F. The van der Waals surface area contributed by atoms with Gasteiger partial charge < -0.3 is 5.32 Å². The molecule has 0 spiro atoms.